The van der Waals surface area contributed by atoms with Crippen LogP contribution in [-0.4, -0.2) is 18.5 Å². The number of hydrogen-bond donors (Lipinski definition) is 3. The molecule has 1 aromatic carbocycles. The summed E-state index contributed by atoms with van der Waals surface area (Å²) in [5.74, 6) is -0.493. The maximum Gasteiger partial charge on any atom is 0.236 e. The fraction of sp³-hybridized carbons (Fsp3) is 0.364. The fourth-order valence-electron chi connectivity index (χ4n) is 1.26. The molecule has 1 unspecified atom stereocenters. The Morgan fingerprint density at radius 1 is 1.47 bits per heavy atom. The van der Waals surface area contributed by atoms with Crippen LogP contribution in [0, 0.1) is 13.8 Å². The van der Waals surface area contributed by atoms with Crippen LogP contribution < -0.4 is 16.8 Å². The van der Waals surface area contributed by atoms with E-state index in [0.29, 0.717) is 6.54 Å². The maximum absolute atomic E-state index is 10.7. The predicted molar refractivity (Wildman–Crippen MR) is 61.6 cm³/mol. The molecular formula is C11H17N3O. The summed E-state index contributed by atoms with van der Waals surface area (Å²) >= 11 is 0. The van der Waals surface area contributed by atoms with Crippen LogP contribution in [0.1, 0.15) is 11.1 Å². The molecule has 4 heteroatoms. The smallest absolute Gasteiger partial charge is 0.236 e. The van der Waals surface area contributed by atoms with E-state index in [1.807, 2.05) is 32.0 Å². The first-order valence-electron chi connectivity index (χ1n) is 4.87. The van der Waals surface area contributed by atoms with Crippen molar-refractivity contribution in [3.8, 4) is 0 Å². The highest BCUT2D eigenvalue weighted by Crippen LogP contribution is 2.17. The number of carbonyl (C=O) groups is 1. The zero-order valence-corrected chi connectivity index (χ0v) is 9.08. The van der Waals surface area contributed by atoms with Gasteiger partial charge in [-0.15, -0.1) is 0 Å². The van der Waals surface area contributed by atoms with Gasteiger partial charge in [0.15, 0.2) is 0 Å². The fourth-order valence-corrected chi connectivity index (χ4v) is 1.26. The van der Waals surface area contributed by atoms with Gasteiger partial charge in [0.25, 0.3) is 0 Å². The minimum atomic E-state index is -0.648. The van der Waals surface area contributed by atoms with Gasteiger partial charge >= 0.3 is 0 Å². The van der Waals surface area contributed by atoms with Gasteiger partial charge in [-0.2, -0.15) is 0 Å². The van der Waals surface area contributed by atoms with Crippen LogP contribution in [0.5, 0.6) is 0 Å². The lowest BCUT2D eigenvalue weighted by molar-refractivity contribution is -0.118. The van der Waals surface area contributed by atoms with E-state index in [1.54, 1.807) is 0 Å². The molecule has 0 aliphatic carbocycles. The van der Waals surface area contributed by atoms with Crippen molar-refractivity contribution in [2.45, 2.75) is 19.9 Å². The Labute approximate surface area is 89.6 Å². The van der Waals surface area contributed by atoms with E-state index in [9.17, 15) is 4.79 Å². The number of aryl methyl sites for hydroxylation is 1. The number of carbonyl (C=O) groups excluding carboxylic acids is 1. The molecule has 0 aliphatic heterocycles. The summed E-state index contributed by atoms with van der Waals surface area (Å²) < 4.78 is 0. The van der Waals surface area contributed by atoms with Crippen LogP contribution in [0.2, 0.25) is 0 Å². The van der Waals surface area contributed by atoms with Crippen molar-refractivity contribution in [1.29, 1.82) is 0 Å². The van der Waals surface area contributed by atoms with Gasteiger partial charge in [-0.1, -0.05) is 12.1 Å². The molecule has 0 heterocycles. The minimum absolute atomic E-state index is 0.361. The third-order valence-corrected chi connectivity index (χ3v) is 2.48. The number of rotatable bonds is 4. The highest BCUT2D eigenvalue weighted by Gasteiger charge is 2.09. The van der Waals surface area contributed by atoms with E-state index in [0.717, 1.165) is 11.3 Å². The van der Waals surface area contributed by atoms with Crippen molar-refractivity contribution in [1.82, 2.24) is 0 Å². The number of anilines is 1. The van der Waals surface area contributed by atoms with Crippen LogP contribution in [0.3, 0.4) is 0 Å². The van der Waals surface area contributed by atoms with Crippen LogP contribution in [0.4, 0.5) is 5.69 Å². The minimum Gasteiger partial charge on any atom is -0.383 e. The number of nitrogens with two attached hydrogens (primary N) is 2. The van der Waals surface area contributed by atoms with Gasteiger partial charge < -0.3 is 16.8 Å². The molecule has 0 spiro atoms. The standard InChI is InChI=1S/C11H17N3O/c1-7-4-3-5-10(8(7)2)14-6-9(12)11(13)15/h3-5,9,14H,6,12H2,1-2H3,(H2,13,15). The molecule has 1 amide bonds. The van der Waals surface area contributed by atoms with Gasteiger partial charge in [0.1, 0.15) is 6.04 Å². The molecule has 0 fully saturated rings. The largest absolute Gasteiger partial charge is 0.383 e. The number of hydrogen-bond acceptors (Lipinski definition) is 3. The lowest BCUT2D eigenvalue weighted by atomic mass is 10.1. The van der Waals surface area contributed by atoms with Gasteiger partial charge in [-0.3, -0.25) is 4.79 Å². The Kier molecular flexibility index (Phi) is 3.68. The molecule has 0 bridgehead atoms. The van der Waals surface area contributed by atoms with Crippen LogP contribution in [0.15, 0.2) is 18.2 Å². The second-order valence-corrected chi connectivity index (χ2v) is 3.64. The highest BCUT2D eigenvalue weighted by molar-refractivity contribution is 5.80. The molecule has 1 atom stereocenters. The number of benzene rings is 1. The zero-order valence-electron chi connectivity index (χ0n) is 9.08. The third-order valence-electron chi connectivity index (χ3n) is 2.48. The maximum atomic E-state index is 10.7. The normalized spacial score (nSPS) is 12.2. The molecule has 1 aromatic rings. The molecule has 1 rings (SSSR count). The molecule has 0 saturated heterocycles. The van der Waals surface area contributed by atoms with Crippen LogP contribution in [-0.2, 0) is 4.79 Å². The Balaban J connectivity index is 2.66. The monoisotopic (exact) mass is 207 g/mol. The van der Waals surface area contributed by atoms with E-state index >= 15 is 0 Å². The quantitative estimate of drug-likeness (QED) is 0.673. The average molecular weight is 207 g/mol. The first-order valence-corrected chi connectivity index (χ1v) is 4.87. The lowest BCUT2D eigenvalue weighted by Crippen LogP contribution is -2.41. The lowest BCUT2D eigenvalue weighted by Gasteiger charge is -2.13. The van der Waals surface area contributed by atoms with Crippen LogP contribution >= 0.6 is 0 Å². The van der Waals surface area contributed by atoms with Crippen molar-refractivity contribution in [3.05, 3.63) is 29.3 Å². The summed E-state index contributed by atoms with van der Waals surface area (Å²) in [7, 11) is 0. The van der Waals surface area contributed by atoms with E-state index in [4.69, 9.17) is 11.5 Å². The molecule has 0 aromatic heterocycles. The summed E-state index contributed by atoms with van der Waals surface area (Å²) in [6, 6.07) is 5.30. The van der Waals surface area contributed by atoms with Gasteiger partial charge in [-0.25, -0.2) is 0 Å². The summed E-state index contributed by atoms with van der Waals surface area (Å²) in [4.78, 5) is 10.7. The molecule has 0 saturated carbocycles. The molecule has 5 N–H and O–H groups in total. The molecule has 15 heavy (non-hydrogen) atoms. The number of amides is 1. The molecule has 0 radical (unpaired) electrons. The zero-order chi connectivity index (χ0) is 11.4. The highest BCUT2D eigenvalue weighted by atomic mass is 16.1. The van der Waals surface area contributed by atoms with Crippen molar-refractivity contribution in [3.63, 3.8) is 0 Å². The van der Waals surface area contributed by atoms with Gasteiger partial charge in [0.2, 0.25) is 5.91 Å². The Bertz CT molecular complexity index is 363. The average Bonchev–Trinajstić information content (AvgIpc) is 2.19. The first kappa shape index (κ1) is 11.5. The SMILES string of the molecule is Cc1cccc(NCC(N)C(N)=O)c1C. The van der Waals surface area contributed by atoms with E-state index in [2.05, 4.69) is 5.32 Å². The van der Waals surface area contributed by atoms with Crippen LogP contribution in [0.25, 0.3) is 0 Å². The van der Waals surface area contributed by atoms with Gasteiger partial charge in [0.05, 0.1) is 0 Å². The van der Waals surface area contributed by atoms with Crippen molar-refractivity contribution in [2.75, 3.05) is 11.9 Å². The molecule has 82 valence electrons. The second kappa shape index (κ2) is 4.79. The summed E-state index contributed by atoms with van der Waals surface area (Å²) in [5.41, 5.74) is 13.9. The van der Waals surface area contributed by atoms with Crippen molar-refractivity contribution in [2.24, 2.45) is 11.5 Å². The topological polar surface area (TPSA) is 81.1 Å². The molecular weight excluding hydrogens is 190 g/mol. The first-order chi connectivity index (χ1) is 7.02. The Morgan fingerprint density at radius 3 is 2.73 bits per heavy atom. The number of primary amides is 1. The van der Waals surface area contributed by atoms with Crippen molar-refractivity contribution < 1.29 is 4.79 Å². The van der Waals surface area contributed by atoms with E-state index in [-0.39, 0.29) is 0 Å². The summed E-state index contributed by atoms with van der Waals surface area (Å²) in [6.45, 7) is 4.42. The van der Waals surface area contributed by atoms with Gasteiger partial charge in [-0.05, 0) is 31.0 Å². The van der Waals surface area contributed by atoms with E-state index in [1.165, 1.54) is 5.56 Å². The third kappa shape index (κ3) is 2.95. The van der Waals surface area contributed by atoms with Crippen molar-refractivity contribution >= 4 is 11.6 Å². The predicted octanol–water partition coefficient (Wildman–Crippen LogP) is 0.528. The molecule has 4 nitrogen and oxygen atoms in total. The summed E-state index contributed by atoms with van der Waals surface area (Å²) in [6.07, 6.45) is 0. The van der Waals surface area contributed by atoms with E-state index < -0.39 is 11.9 Å². The summed E-state index contributed by atoms with van der Waals surface area (Å²) in [5, 5.41) is 3.11. The van der Waals surface area contributed by atoms with Gasteiger partial charge in [0, 0.05) is 12.2 Å². The Morgan fingerprint density at radius 2 is 2.13 bits per heavy atom. The second-order valence-electron chi connectivity index (χ2n) is 3.64. The number of nitrogens with one attached hydrogen (secondary N) is 1. The molecule has 0 aliphatic rings. The Hall–Kier alpha value is -1.55.